The smallest absolute Gasteiger partial charge is 0.0595 e. The van der Waals surface area contributed by atoms with E-state index in [1.165, 1.54) is 22.0 Å². The highest BCUT2D eigenvalue weighted by Crippen LogP contribution is 2.26. The van der Waals surface area contributed by atoms with Crippen LogP contribution in [0, 0.1) is 5.92 Å². The fourth-order valence-electron chi connectivity index (χ4n) is 3.14. The van der Waals surface area contributed by atoms with Gasteiger partial charge in [-0.3, -0.25) is 0 Å². The lowest BCUT2D eigenvalue weighted by molar-refractivity contribution is 0.0793. The minimum Gasteiger partial charge on any atom is -0.393 e. The van der Waals surface area contributed by atoms with E-state index in [1.54, 1.807) is 0 Å². The third-order valence-electron chi connectivity index (χ3n) is 4.32. The summed E-state index contributed by atoms with van der Waals surface area (Å²) >= 11 is 0. The molecule has 2 unspecified atom stereocenters. The van der Waals surface area contributed by atoms with Gasteiger partial charge in [-0.2, -0.15) is 0 Å². The average Bonchev–Trinajstić information content (AvgIpc) is 2.84. The number of aromatic nitrogens is 1. The van der Waals surface area contributed by atoms with Gasteiger partial charge < -0.3 is 15.4 Å². The SMILES string of the molecule is CCc1cccc2c(CC3CNCCC3O)c[nH]c12. The molecule has 1 aliphatic heterocycles. The summed E-state index contributed by atoms with van der Waals surface area (Å²) in [6.07, 6.45) is 4.81. The summed E-state index contributed by atoms with van der Waals surface area (Å²) in [5.74, 6) is 0.332. The largest absolute Gasteiger partial charge is 0.393 e. The molecule has 102 valence electrons. The number of aliphatic hydroxyl groups is 1. The summed E-state index contributed by atoms with van der Waals surface area (Å²) < 4.78 is 0. The standard InChI is InChI=1S/C16H22N2O/c1-2-11-4-3-5-14-12(10-18-16(11)14)8-13-9-17-7-6-15(13)19/h3-5,10,13,15,17-19H,2,6-9H2,1H3. The number of para-hydroxylation sites is 1. The predicted octanol–water partition coefficient (Wildman–Crippen LogP) is 2.24. The van der Waals surface area contributed by atoms with Crippen LogP contribution in [0.2, 0.25) is 0 Å². The maximum Gasteiger partial charge on any atom is 0.0595 e. The van der Waals surface area contributed by atoms with Gasteiger partial charge in [-0.05, 0) is 36.9 Å². The topological polar surface area (TPSA) is 48.0 Å². The van der Waals surface area contributed by atoms with Crippen molar-refractivity contribution in [3.8, 4) is 0 Å². The van der Waals surface area contributed by atoms with Gasteiger partial charge in [-0.15, -0.1) is 0 Å². The van der Waals surface area contributed by atoms with Gasteiger partial charge in [0, 0.05) is 29.6 Å². The number of H-pyrrole nitrogens is 1. The van der Waals surface area contributed by atoms with E-state index in [2.05, 4.69) is 41.6 Å². The number of rotatable bonds is 3. The van der Waals surface area contributed by atoms with E-state index in [0.29, 0.717) is 5.92 Å². The number of nitrogens with one attached hydrogen (secondary N) is 2. The van der Waals surface area contributed by atoms with Crippen LogP contribution in [0.3, 0.4) is 0 Å². The van der Waals surface area contributed by atoms with Gasteiger partial charge in [0.1, 0.15) is 0 Å². The molecule has 1 fully saturated rings. The Hall–Kier alpha value is -1.32. The van der Waals surface area contributed by atoms with Gasteiger partial charge in [-0.25, -0.2) is 0 Å². The Bertz CT molecular complexity index is 561. The second-order valence-corrected chi connectivity index (χ2v) is 5.53. The van der Waals surface area contributed by atoms with E-state index in [1.807, 2.05) is 0 Å². The quantitative estimate of drug-likeness (QED) is 0.791. The zero-order chi connectivity index (χ0) is 13.2. The van der Waals surface area contributed by atoms with Crippen molar-refractivity contribution in [2.24, 2.45) is 5.92 Å². The molecule has 3 heteroatoms. The molecule has 3 N–H and O–H groups in total. The van der Waals surface area contributed by atoms with Crippen LogP contribution in [0.1, 0.15) is 24.5 Å². The number of hydrogen-bond acceptors (Lipinski definition) is 2. The number of piperidine rings is 1. The molecule has 0 spiro atoms. The van der Waals surface area contributed by atoms with Crippen LogP contribution in [-0.2, 0) is 12.8 Å². The maximum absolute atomic E-state index is 10.1. The summed E-state index contributed by atoms with van der Waals surface area (Å²) in [4.78, 5) is 3.41. The zero-order valence-corrected chi connectivity index (χ0v) is 11.4. The molecule has 19 heavy (non-hydrogen) atoms. The molecule has 1 aliphatic rings. The Kier molecular flexibility index (Phi) is 3.58. The Morgan fingerprint density at radius 3 is 3.00 bits per heavy atom. The van der Waals surface area contributed by atoms with Gasteiger partial charge in [0.25, 0.3) is 0 Å². The first-order valence-corrected chi connectivity index (χ1v) is 7.26. The normalized spacial score (nSPS) is 23.9. The molecule has 3 nitrogen and oxygen atoms in total. The van der Waals surface area contributed by atoms with Crippen LogP contribution in [-0.4, -0.2) is 29.3 Å². The average molecular weight is 258 g/mol. The molecule has 2 heterocycles. The van der Waals surface area contributed by atoms with E-state index in [9.17, 15) is 5.11 Å². The van der Waals surface area contributed by atoms with Crippen molar-refractivity contribution < 1.29 is 5.11 Å². The minimum atomic E-state index is -0.166. The molecule has 0 saturated carbocycles. The lowest BCUT2D eigenvalue weighted by Crippen LogP contribution is -2.40. The first-order chi connectivity index (χ1) is 9.29. The van der Waals surface area contributed by atoms with Crippen molar-refractivity contribution in [1.82, 2.24) is 10.3 Å². The van der Waals surface area contributed by atoms with Crippen LogP contribution in [0.25, 0.3) is 10.9 Å². The van der Waals surface area contributed by atoms with Crippen LogP contribution >= 0.6 is 0 Å². The lowest BCUT2D eigenvalue weighted by atomic mass is 9.89. The summed E-state index contributed by atoms with van der Waals surface area (Å²) in [6, 6.07) is 6.50. The van der Waals surface area contributed by atoms with Crippen LogP contribution in [0.5, 0.6) is 0 Å². The number of benzene rings is 1. The number of hydrogen-bond donors (Lipinski definition) is 3. The number of aliphatic hydroxyl groups excluding tert-OH is 1. The lowest BCUT2D eigenvalue weighted by Gasteiger charge is -2.28. The fourth-order valence-corrected chi connectivity index (χ4v) is 3.14. The van der Waals surface area contributed by atoms with Crippen LogP contribution in [0.4, 0.5) is 0 Å². The third-order valence-corrected chi connectivity index (χ3v) is 4.32. The Morgan fingerprint density at radius 1 is 1.32 bits per heavy atom. The van der Waals surface area contributed by atoms with Crippen LogP contribution in [0.15, 0.2) is 24.4 Å². The van der Waals surface area contributed by atoms with E-state index in [-0.39, 0.29) is 6.10 Å². The molecule has 0 radical (unpaired) electrons. The van der Waals surface area contributed by atoms with Crippen molar-refractivity contribution in [2.75, 3.05) is 13.1 Å². The van der Waals surface area contributed by atoms with Gasteiger partial charge in [0.15, 0.2) is 0 Å². The van der Waals surface area contributed by atoms with Gasteiger partial charge >= 0.3 is 0 Å². The molecule has 2 aromatic rings. The van der Waals surface area contributed by atoms with Gasteiger partial charge in [0.2, 0.25) is 0 Å². The summed E-state index contributed by atoms with van der Waals surface area (Å²) in [5.41, 5.74) is 3.96. The summed E-state index contributed by atoms with van der Waals surface area (Å²) in [7, 11) is 0. The molecule has 0 amide bonds. The first kappa shape index (κ1) is 12.7. The Balaban J connectivity index is 1.89. The Morgan fingerprint density at radius 2 is 2.21 bits per heavy atom. The molecule has 3 rings (SSSR count). The van der Waals surface area contributed by atoms with Gasteiger partial charge in [-0.1, -0.05) is 25.1 Å². The maximum atomic E-state index is 10.1. The van der Waals surface area contributed by atoms with Crippen LogP contribution < -0.4 is 5.32 Å². The monoisotopic (exact) mass is 258 g/mol. The van der Waals surface area contributed by atoms with Gasteiger partial charge in [0.05, 0.1) is 6.10 Å². The van der Waals surface area contributed by atoms with Crippen molar-refractivity contribution in [3.05, 3.63) is 35.5 Å². The van der Waals surface area contributed by atoms with Crippen molar-refractivity contribution in [2.45, 2.75) is 32.3 Å². The van der Waals surface area contributed by atoms with E-state index < -0.39 is 0 Å². The van der Waals surface area contributed by atoms with E-state index in [0.717, 1.165) is 32.4 Å². The first-order valence-electron chi connectivity index (χ1n) is 7.26. The fraction of sp³-hybridized carbons (Fsp3) is 0.500. The highest BCUT2D eigenvalue weighted by molar-refractivity contribution is 5.86. The molecule has 1 saturated heterocycles. The molecular weight excluding hydrogens is 236 g/mol. The minimum absolute atomic E-state index is 0.166. The molecule has 0 aliphatic carbocycles. The summed E-state index contributed by atoms with van der Waals surface area (Å²) in [5, 5.41) is 14.8. The molecular formula is C16H22N2O. The van der Waals surface area contributed by atoms with Crippen molar-refractivity contribution >= 4 is 10.9 Å². The highest BCUT2D eigenvalue weighted by Gasteiger charge is 2.23. The molecule has 2 atom stereocenters. The molecule has 0 bridgehead atoms. The highest BCUT2D eigenvalue weighted by atomic mass is 16.3. The predicted molar refractivity (Wildman–Crippen MR) is 78.4 cm³/mol. The Labute approximate surface area is 114 Å². The third kappa shape index (κ3) is 2.40. The van der Waals surface area contributed by atoms with Crippen molar-refractivity contribution in [3.63, 3.8) is 0 Å². The number of aryl methyl sites for hydroxylation is 1. The number of fused-ring (bicyclic) bond motifs is 1. The second-order valence-electron chi connectivity index (χ2n) is 5.53. The molecule has 1 aromatic heterocycles. The van der Waals surface area contributed by atoms with E-state index in [4.69, 9.17) is 0 Å². The summed E-state index contributed by atoms with van der Waals surface area (Å²) in [6.45, 7) is 4.04. The van der Waals surface area contributed by atoms with Crippen molar-refractivity contribution in [1.29, 1.82) is 0 Å². The second kappa shape index (κ2) is 5.35. The van der Waals surface area contributed by atoms with E-state index >= 15 is 0 Å². The molecule has 1 aromatic carbocycles. The number of aromatic amines is 1. The zero-order valence-electron chi connectivity index (χ0n) is 11.4.